The minimum Gasteiger partial charge on any atom is -0.384 e. The second-order valence-electron chi connectivity index (χ2n) is 4.72. The summed E-state index contributed by atoms with van der Waals surface area (Å²) in [6.07, 6.45) is 0. The molecule has 0 fully saturated rings. The number of pyridine rings is 1. The highest BCUT2D eigenvalue weighted by Crippen LogP contribution is 2.19. The van der Waals surface area contributed by atoms with Crippen molar-refractivity contribution < 1.29 is 4.39 Å². The van der Waals surface area contributed by atoms with Gasteiger partial charge in [-0.3, -0.25) is 5.41 Å². The molecule has 4 nitrogen and oxygen atoms in total. The van der Waals surface area contributed by atoms with Gasteiger partial charge in [0.2, 0.25) is 0 Å². The summed E-state index contributed by atoms with van der Waals surface area (Å²) in [5.41, 5.74) is 8.00. The highest BCUT2D eigenvalue weighted by atomic mass is 19.1. The van der Waals surface area contributed by atoms with Gasteiger partial charge in [0, 0.05) is 19.3 Å². The van der Waals surface area contributed by atoms with Crippen molar-refractivity contribution in [2.75, 3.05) is 11.9 Å². The van der Waals surface area contributed by atoms with Crippen LogP contribution in [0.2, 0.25) is 0 Å². The lowest BCUT2D eigenvalue weighted by Crippen LogP contribution is -2.23. The molecule has 104 valence electrons. The Labute approximate surface area is 117 Å². The van der Waals surface area contributed by atoms with Gasteiger partial charge in [0.15, 0.2) is 0 Å². The molecule has 0 amide bonds. The smallest absolute Gasteiger partial charge is 0.139 e. The standard InChI is InChI=1S/C15H17FN4/c1-10-3-8-13(14(17)18)15(19-10)20(2)9-11-4-6-12(16)7-5-11/h3-8H,9H2,1-2H3,(H3,17,18). The first-order valence-corrected chi connectivity index (χ1v) is 6.25. The number of anilines is 1. The second kappa shape index (κ2) is 5.69. The molecular weight excluding hydrogens is 255 g/mol. The van der Waals surface area contributed by atoms with Crippen LogP contribution in [0.3, 0.4) is 0 Å². The van der Waals surface area contributed by atoms with E-state index in [9.17, 15) is 4.39 Å². The molecule has 1 aromatic heterocycles. The number of aromatic nitrogens is 1. The molecule has 20 heavy (non-hydrogen) atoms. The maximum absolute atomic E-state index is 12.9. The van der Waals surface area contributed by atoms with Crippen molar-refractivity contribution in [1.82, 2.24) is 4.98 Å². The van der Waals surface area contributed by atoms with Gasteiger partial charge in [0.1, 0.15) is 17.5 Å². The van der Waals surface area contributed by atoms with Crippen LogP contribution in [0.1, 0.15) is 16.8 Å². The summed E-state index contributed by atoms with van der Waals surface area (Å²) < 4.78 is 12.9. The molecule has 1 heterocycles. The zero-order chi connectivity index (χ0) is 14.7. The van der Waals surface area contributed by atoms with Crippen molar-refractivity contribution >= 4 is 11.7 Å². The van der Waals surface area contributed by atoms with Gasteiger partial charge in [0.05, 0.1) is 5.56 Å². The average Bonchev–Trinajstić information content (AvgIpc) is 2.41. The first kappa shape index (κ1) is 14.0. The summed E-state index contributed by atoms with van der Waals surface area (Å²) in [6.45, 7) is 2.45. The Morgan fingerprint density at radius 3 is 2.50 bits per heavy atom. The second-order valence-corrected chi connectivity index (χ2v) is 4.72. The van der Waals surface area contributed by atoms with E-state index in [1.165, 1.54) is 12.1 Å². The fourth-order valence-corrected chi connectivity index (χ4v) is 1.98. The van der Waals surface area contributed by atoms with E-state index >= 15 is 0 Å². The van der Waals surface area contributed by atoms with Crippen LogP contribution in [-0.2, 0) is 6.54 Å². The van der Waals surface area contributed by atoms with E-state index in [0.717, 1.165) is 11.3 Å². The van der Waals surface area contributed by atoms with E-state index in [1.54, 1.807) is 18.2 Å². The van der Waals surface area contributed by atoms with Crippen LogP contribution in [0.15, 0.2) is 36.4 Å². The van der Waals surface area contributed by atoms with Crippen molar-refractivity contribution in [2.24, 2.45) is 5.73 Å². The molecule has 1 aromatic carbocycles. The number of hydrogen-bond acceptors (Lipinski definition) is 3. The fourth-order valence-electron chi connectivity index (χ4n) is 1.98. The van der Waals surface area contributed by atoms with Crippen LogP contribution in [0, 0.1) is 18.2 Å². The predicted octanol–water partition coefficient (Wildman–Crippen LogP) is 2.45. The third kappa shape index (κ3) is 3.12. The normalized spacial score (nSPS) is 10.3. The van der Waals surface area contributed by atoms with Crippen LogP contribution in [-0.4, -0.2) is 17.9 Å². The monoisotopic (exact) mass is 272 g/mol. The number of nitrogen functional groups attached to an aromatic ring is 1. The number of nitrogens with zero attached hydrogens (tertiary/aromatic N) is 2. The van der Waals surface area contributed by atoms with Gasteiger partial charge in [-0.15, -0.1) is 0 Å². The van der Waals surface area contributed by atoms with E-state index in [0.29, 0.717) is 17.9 Å². The number of nitrogens with two attached hydrogens (primary N) is 1. The quantitative estimate of drug-likeness (QED) is 0.663. The Morgan fingerprint density at radius 2 is 1.90 bits per heavy atom. The summed E-state index contributed by atoms with van der Waals surface area (Å²) in [5.74, 6) is 0.384. The van der Waals surface area contributed by atoms with Crippen LogP contribution >= 0.6 is 0 Å². The molecule has 0 aliphatic rings. The Hall–Kier alpha value is -2.43. The maximum atomic E-state index is 12.9. The Balaban J connectivity index is 2.28. The van der Waals surface area contributed by atoms with Crippen LogP contribution in [0.25, 0.3) is 0 Å². The van der Waals surface area contributed by atoms with E-state index in [-0.39, 0.29) is 11.7 Å². The number of halogens is 1. The van der Waals surface area contributed by atoms with Crippen molar-refractivity contribution in [3.63, 3.8) is 0 Å². The zero-order valence-corrected chi connectivity index (χ0v) is 11.5. The minimum absolute atomic E-state index is 0.0153. The SMILES string of the molecule is Cc1ccc(C(=N)N)c(N(C)Cc2ccc(F)cc2)n1. The van der Waals surface area contributed by atoms with E-state index in [2.05, 4.69) is 4.98 Å². The van der Waals surface area contributed by atoms with Gasteiger partial charge in [-0.05, 0) is 36.8 Å². The largest absolute Gasteiger partial charge is 0.384 e. The molecule has 2 aromatic rings. The Morgan fingerprint density at radius 1 is 1.25 bits per heavy atom. The molecule has 0 saturated heterocycles. The number of benzene rings is 1. The molecule has 5 heteroatoms. The number of nitrogens with one attached hydrogen (secondary N) is 1. The maximum Gasteiger partial charge on any atom is 0.139 e. The van der Waals surface area contributed by atoms with Gasteiger partial charge in [-0.1, -0.05) is 12.1 Å². The molecule has 0 saturated carbocycles. The molecule has 0 bridgehead atoms. The molecule has 0 spiro atoms. The molecule has 0 radical (unpaired) electrons. The summed E-state index contributed by atoms with van der Waals surface area (Å²) in [7, 11) is 1.87. The highest BCUT2D eigenvalue weighted by Gasteiger charge is 2.12. The number of rotatable bonds is 4. The summed E-state index contributed by atoms with van der Waals surface area (Å²) in [5, 5.41) is 7.61. The van der Waals surface area contributed by atoms with Gasteiger partial charge in [-0.2, -0.15) is 0 Å². The number of aryl methyl sites for hydroxylation is 1. The predicted molar refractivity (Wildman–Crippen MR) is 78.5 cm³/mol. The third-order valence-corrected chi connectivity index (χ3v) is 3.00. The Kier molecular flexibility index (Phi) is 3.98. The van der Waals surface area contributed by atoms with Gasteiger partial charge < -0.3 is 10.6 Å². The minimum atomic E-state index is -0.255. The van der Waals surface area contributed by atoms with Crippen LogP contribution in [0.4, 0.5) is 10.2 Å². The van der Waals surface area contributed by atoms with Crippen molar-refractivity contribution in [1.29, 1.82) is 5.41 Å². The molecule has 0 aliphatic heterocycles. The van der Waals surface area contributed by atoms with E-state index < -0.39 is 0 Å². The lowest BCUT2D eigenvalue weighted by Gasteiger charge is -2.21. The van der Waals surface area contributed by atoms with Gasteiger partial charge in [0.25, 0.3) is 0 Å². The topological polar surface area (TPSA) is 66.0 Å². The molecular formula is C15H17FN4. The molecule has 0 unspecified atom stereocenters. The van der Waals surface area contributed by atoms with Crippen LogP contribution < -0.4 is 10.6 Å². The van der Waals surface area contributed by atoms with Crippen molar-refractivity contribution in [3.05, 3.63) is 59.0 Å². The van der Waals surface area contributed by atoms with E-state index in [1.807, 2.05) is 24.9 Å². The summed E-state index contributed by atoms with van der Waals surface area (Å²) >= 11 is 0. The molecule has 3 N–H and O–H groups in total. The van der Waals surface area contributed by atoms with Crippen LogP contribution in [0.5, 0.6) is 0 Å². The molecule has 0 aliphatic carbocycles. The van der Waals surface area contributed by atoms with Crippen molar-refractivity contribution in [3.8, 4) is 0 Å². The summed E-state index contributed by atoms with van der Waals surface area (Å²) in [4.78, 5) is 6.34. The zero-order valence-electron chi connectivity index (χ0n) is 11.5. The lowest BCUT2D eigenvalue weighted by molar-refractivity contribution is 0.627. The molecule has 2 rings (SSSR count). The summed E-state index contributed by atoms with van der Waals surface area (Å²) in [6, 6.07) is 9.94. The first-order valence-electron chi connectivity index (χ1n) is 6.25. The highest BCUT2D eigenvalue weighted by molar-refractivity contribution is 5.99. The lowest BCUT2D eigenvalue weighted by atomic mass is 10.1. The fraction of sp³-hybridized carbons (Fsp3) is 0.200. The van der Waals surface area contributed by atoms with E-state index in [4.69, 9.17) is 11.1 Å². The molecule has 0 atom stereocenters. The first-order chi connectivity index (χ1) is 9.47. The average molecular weight is 272 g/mol. The van der Waals surface area contributed by atoms with Crippen molar-refractivity contribution in [2.45, 2.75) is 13.5 Å². The number of amidine groups is 1. The van der Waals surface area contributed by atoms with Gasteiger partial charge in [-0.25, -0.2) is 9.37 Å². The number of hydrogen-bond donors (Lipinski definition) is 2. The Bertz CT molecular complexity index is 622. The van der Waals surface area contributed by atoms with Gasteiger partial charge >= 0.3 is 0 Å². The third-order valence-electron chi connectivity index (χ3n) is 3.00.